The number of nitrogens with zero attached hydrogens (tertiary/aromatic N) is 1. The zero-order valence-corrected chi connectivity index (χ0v) is 18.8. The molecule has 2 aromatic carbocycles. The largest absolute Gasteiger partial charge is 0.423 e. The Morgan fingerprint density at radius 1 is 1.06 bits per heavy atom. The lowest BCUT2D eigenvalue weighted by Crippen LogP contribution is -2.18. The molecule has 5 heteroatoms. The van der Waals surface area contributed by atoms with Gasteiger partial charge in [0.05, 0.1) is 11.1 Å². The van der Waals surface area contributed by atoms with E-state index < -0.39 is 11.8 Å². The van der Waals surface area contributed by atoms with Crippen molar-refractivity contribution in [3.05, 3.63) is 65.0 Å². The van der Waals surface area contributed by atoms with Crippen LogP contribution in [0.3, 0.4) is 0 Å². The quantitative estimate of drug-likeness (QED) is 0.233. The molecule has 1 fully saturated rings. The molecule has 170 valence electrons. The van der Waals surface area contributed by atoms with Gasteiger partial charge in [0.25, 0.3) is 0 Å². The van der Waals surface area contributed by atoms with Crippen molar-refractivity contribution in [1.29, 1.82) is 5.26 Å². The molecule has 0 N–H and O–H groups in total. The Labute approximate surface area is 190 Å². The van der Waals surface area contributed by atoms with Gasteiger partial charge in [-0.15, -0.1) is 0 Å². The lowest BCUT2D eigenvalue weighted by atomic mass is 9.79. The van der Waals surface area contributed by atoms with Crippen LogP contribution in [0.15, 0.2) is 42.5 Å². The summed E-state index contributed by atoms with van der Waals surface area (Å²) in [4.78, 5) is 12.4. The molecular weight excluding hydrogens is 405 g/mol. The second-order valence-corrected chi connectivity index (χ2v) is 8.62. The molecular formula is C27H32FNO3. The van der Waals surface area contributed by atoms with E-state index in [1.165, 1.54) is 49.8 Å². The van der Waals surface area contributed by atoms with Crippen LogP contribution in [0.25, 0.3) is 0 Å². The third-order valence-electron chi connectivity index (χ3n) is 6.23. The number of nitriles is 1. The smallest absolute Gasteiger partial charge is 0.343 e. The highest BCUT2D eigenvalue weighted by Gasteiger charge is 2.23. The summed E-state index contributed by atoms with van der Waals surface area (Å²) < 4.78 is 24.8. The van der Waals surface area contributed by atoms with Crippen LogP contribution in [0.1, 0.15) is 85.7 Å². The van der Waals surface area contributed by atoms with Gasteiger partial charge in [0.2, 0.25) is 0 Å². The first-order valence-electron chi connectivity index (χ1n) is 11.7. The molecule has 32 heavy (non-hydrogen) atoms. The lowest BCUT2D eigenvalue weighted by molar-refractivity contribution is 0.0734. The Morgan fingerprint density at radius 3 is 2.47 bits per heavy atom. The first-order valence-corrected chi connectivity index (χ1v) is 11.7. The van der Waals surface area contributed by atoms with Crippen LogP contribution >= 0.6 is 0 Å². The molecule has 0 heterocycles. The van der Waals surface area contributed by atoms with Crippen molar-refractivity contribution in [1.82, 2.24) is 0 Å². The number of unbranched alkanes of at least 4 members (excludes halogenated alkanes) is 3. The normalized spacial score (nSPS) is 18.2. The van der Waals surface area contributed by atoms with Crippen molar-refractivity contribution in [3.63, 3.8) is 0 Å². The van der Waals surface area contributed by atoms with E-state index in [1.54, 1.807) is 18.2 Å². The fourth-order valence-corrected chi connectivity index (χ4v) is 4.25. The Bertz CT molecular complexity index is 911. The highest BCUT2D eigenvalue weighted by molar-refractivity contribution is 5.91. The van der Waals surface area contributed by atoms with Gasteiger partial charge in [-0.3, -0.25) is 0 Å². The summed E-state index contributed by atoms with van der Waals surface area (Å²) in [6.45, 7) is 3.98. The molecule has 0 bridgehead atoms. The van der Waals surface area contributed by atoms with E-state index in [2.05, 4.69) is 6.92 Å². The minimum Gasteiger partial charge on any atom is -0.423 e. The number of halogens is 1. The molecule has 0 aliphatic heterocycles. The number of carbonyl (C=O) groups excluding carboxylic acids is 1. The van der Waals surface area contributed by atoms with Crippen molar-refractivity contribution in [2.24, 2.45) is 5.92 Å². The van der Waals surface area contributed by atoms with Crippen LogP contribution in [0.2, 0.25) is 0 Å². The van der Waals surface area contributed by atoms with E-state index in [0.29, 0.717) is 17.4 Å². The van der Waals surface area contributed by atoms with E-state index in [0.717, 1.165) is 38.5 Å². The van der Waals surface area contributed by atoms with Crippen LogP contribution in [0.5, 0.6) is 5.75 Å². The Hall–Kier alpha value is -2.71. The SMILES string of the molecule is CCCCCCOC[C@H]1CC[C@H](c2ccc(C(=O)Oc3ccc(C#N)c(F)c3)cc2)CC1. The van der Waals surface area contributed by atoms with Crippen LogP contribution < -0.4 is 4.74 Å². The molecule has 1 aliphatic rings. The second-order valence-electron chi connectivity index (χ2n) is 8.62. The highest BCUT2D eigenvalue weighted by Crippen LogP contribution is 2.36. The minimum atomic E-state index is -0.703. The maximum atomic E-state index is 13.7. The summed E-state index contributed by atoms with van der Waals surface area (Å²) in [7, 11) is 0. The Balaban J connectivity index is 1.44. The fraction of sp³-hybridized carbons (Fsp3) is 0.481. The third kappa shape index (κ3) is 6.90. The molecule has 0 saturated heterocycles. The molecule has 4 nitrogen and oxygen atoms in total. The summed E-state index contributed by atoms with van der Waals surface area (Å²) in [5.74, 6) is 0.000524. The molecule has 0 aromatic heterocycles. The molecule has 0 atom stereocenters. The number of hydrogen-bond acceptors (Lipinski definition) is 4. The van der Waals surface area contributed by atoms with E-state index in [-0.39, 0.29) is 11.3 Å². The van der Waals surface area contributed by atoms with E-state index in [9.17, 15) is 9.18 Å². The van der Waals surface area contributed by atoms with Crippen LogP contribution in [0, 0.1) is 23.1 Å². The van der Waals surface area contributed by atoms with Gasteiger partial charge in [0.15, 0.2) is 0 Å². The predicted molar refractivity (Wildman–Crippen MR) is 122 cm³/mol. The number of hydrogen-bond donors (Lipinski definition) is 0. The van der Waals surface area contributed by atoms with Crippen LogP contribution in [-0.2, 0) is 4.74 Å². The number of benzene rings is 2. The van der Waals surface area contributed by atoms with Crippen molar-refractivity contribution in [2.75, 3.05) is 13.2 Å². The average molecular weight is 438 g/mol. The summed E-state index contributed by atoms with van der Waals surface area (Å²) in [5, 5.41) is 8.79. The summed E-state index contributed by atoms with van der Waals surface area (Å²) >= 11 is 0. The average Bonchev–Trinajstić information content (AvgIpc) is 2.82. The van der Waals surface area contributed by atoms with E-state index >= 15 is 0 Å². The van der Waals surface area contributed by atoms with Crippen molar-refractivity contribution >= 4 is 5.97 Å². The molecule has 0 spiro atoms. The zero-order chi connectivity index (χ0) is 22.8. The predicted octanol–water partition coefficient (Wildman–Crippen LogP) is 6.79. The first kappa shape index (κ1) is 23.9. The van der Waals surface area contributed by atoms with Crippen molar-refractivity contribution in [3.8, 4) is 11.8 Å². The van der Waals surface area contributed by atoms with Gasteiger partial charge < -0.3 is 9.47 Å². The van der Waals surface area contributed by atoms with Crippen LogP contribution in [-0.4, -0.2) is 19.2 Å². The van der Waals surface area contributed by atoms with E-state index in [4.69, 9.17) is 14.7 Å². The van der Waals surface area contributed by atoms with Gasteiger partial charge in [0, 0.05) is 19.3 Å². The molecule has 2 aromatic rings. The van der Waals surface area contributed by atoms with Gasteiger partial charge in [-0.1, -0.05) is 38.3 Å². The molecule has 0 radical (unpaired) electrons. The maximum absolute atomic E-state index is 13.7. The monoisotopic (exact) mass is 437 g/mol. The number of carbonyl (C=O) groups is 1. The summed E-state index contributed by atoms with van der Waals surface area (Å²) in [6, 6.07) is 13.0. The van der Waals surface area contributed by atoms with Crippen molar-refractivity contribution < 1.29 is 18.7 Å². The molecule has 0 unspecified atom stereocenters. The van der Waals surface area contributed by atoms with Gasteiger partial charge >= 0.3 is 5.97 Å². The lowest BCUT2D eigenvalue weighted by Gasteiger charge is -2.28. The first-order chi connectivity index (χ1) is 15.6. The third-order valence-corrected chi connectivity index (χ3v) is 6.23. The second kappa shape index (κ2) is 12.4. The number of ether oxygens (including phenoxy) is 2. The van der Waals surface area contributed by atoms with E-state index in [1.807, 2.05) is 12.1 Å². The molecule has 1 saturated carbocycles. The van der Waals surface area contributed by atoms with Gasteiger partial charge in [0.1, 0.15) is 17.6 Å². The number of rotatable bonds is 10. The Morgan fingerprint density at radius 2 is 1.81 bits per heavy atom. The zero-order valence-electron chi connectivity index (χ0n) is 18.8. The minimum absolute atomic E-state index is 0.0811. The maximum Gasteiger partial charge on any atom is 0.343 e. The highest BCUT2D eigenvalue weighted by atomic mass is 19.1. The van der Waals surface area contributed by atoms with Crippen LogP contribution in [0.4, 0.5) is 4.39 Å². The van der Waals surface area contributed by atoms with Gasteiger partial charge in [-0.05, 0) is 73.8 Å². The van der Waals surface area contributed by atoms with Crippen molar-refractivity contribution in [2.45, 2.75) is 64.2 Å². The topological polar surface area (TPSA) is 59.3 Å². The van der Waals surface area contributed by atoms with Gasteiger partial charge in [-0.2, -0.15) is 5.26 Å². The fourth-order valence-electron chi connectivity index (χ4n) is 4.25. The molecule has 0 amide bonds. The summed E-state index contributed by atoms with van der Waals surface area (Å²) in [6.07, 6.45) is 9.59. The molecule has 3 rings (SSSR count). The Kier molecular flexibility index (Phi) is 9.25. The standard InChI is InChI=1S/C27H32FNO3/c1-2-3-4-5-16-31-19-20-6-8-21(9-7-20)22-10-12-23(13-11-22)27(30)32-25-15-14-24(18-29)26(28)17-25/h10-15,17,20-21H,2-9,16,19H2,1H3/t20-,21-. The number of esters is 1. The van der Waals surface area contributed by atoms with Gasteiger partial charge in [-0.25, -0.2) is 9.18 Å². The molecule has 1 aliphatic carbocycles. The summed E-state index contributed by atoms with van der Waals surface area (Å²) in [5.41, 5.74) is 1.58.